The molecule has 1 saturated carbocycles. The molecule has 0 N–H and O–H groups in total. The highest BCUT2D eigenvalue weighted by atomic mass is 15.2. The van der Waals surface area contributed by atoms with Crippen LogP contribution in [-0.4, -0.2) is 21.6 Å². The first-order chi connectivity index (χ1) is 17.4. The molecule has 0 saturated heterocycles. The monoisotopic (exact) mass is 468 g/mol. The number of aryl methyl sites for hydroxylation is 4. The van der Waals surface area contributed by atoms with Crippen molar-refractivity contribution in [3.63, 3.8) is 0 Å². The van der Waals surface area contributed by atoms with Crippen LogP contribution in [0.5, 0.6) is 0 Å². The van der Waals surface area contributed by atoms with Crippen molar-refractivity contribution in [2.45, 2.75) is 51.6 Å². The fourth-order valence-electron chi connectivity index (χ4n) is 6.85. The quantitative estimate of drug-likeness (QED) is 0.271. The third kappa shape index (κ3) is 2.91. The van der Waals surface area contributed by atoms with Crippen LogP contribution in [0.25, 0.3) is 0 Å². The van der Waals surface area contributed by atoms with Gasteiger partial charge in [-0.1, -0.05) is 58.7 Å². The Labute approximate surface area is 213 Å². The van der Waals surface area contributed by atoms with E-state index in [0.717, 1.165) is 12.8 Å². The zero-order valence-corrected chi connectivity index (χ0v) is 21.5. The summed E-state index contributed by atoms with van der Waals surface area (Å²) in [6.07, 6.45) is 6.86. The Morgan fingerprint density at radius 3 is 1.22 bits per heavy atom. The third-order valence-corrected chi connectivity index (χ3v) is 8.67. The lowest BCUT2D eigenvalue weighted by Gasteiger charge is -2.47. The topological polar surface area (TPSA) is 6.02 Å². The van der Waals surface area contributed by atoms with Crippen LogP contribution in [0.1, 0.15) is 57.3 Å². The van der Waals surface area contributed by atoms with E-state index < -0.39 is 0 Å². The highest BCUT2D eigenvalue weighted by molar-refractivity contribution is 5.85. The minimum atomic E-state index is -0.0568. The van der Waals surface area contributed by atoms with E-state index in [4.69, 9.17) is 0 Å². The minimum Gasteiger partial charge on any atom is -0.188 e. The van der Waals surface area contributed by atoms with Crippen molar-refractivity contribution < 1.29 is 9.15 Å². The first-order valence-electron chi connectivity index (χ1n) is 13.0. The molecular formula is C34H32N2+2. The molecule has 176 valence electrons. The van der Waals surface area contributed by atoms with Crippen molar-refractivity contribution in [3.8, 4) is 0 Å². The molecule has 0 unspecified atom stereocenters. The van der Waals surface area contributed by atoms with Crippen molar-refractivity contribution in [1.29, 1.82) is 0 Å². The smallest absolute Gasteiger partial charge is 0.188 e. The number of hydrogen-bond acceptors (Lipinski definition) is 0. The summed E-state index contributed by atoms with van der Waals surface area (Å²) in [5.74, 6) is 0. The molecule has 1 fully saturated rings. The molecule has 0 atom stereocenters. The Balaban J connectivity index is 1.41. The molecule has 0 amide bonds. The lowest BCUT2D eigenvalue weighted by molar-refractivity contribution is -0.644. The van der Waals surface area contributed by atoms with E-state index >= 15 is 0 Å². The highest BCUT2D eigenvalue weighted by Gasteiger charge is 2.73. The molecule has 4 aromatic carbocycles. The van der Waals surface area contributed by atoms with E-state index in [1.807, 2.05) is 0 Å². The number of nitrogens with zero attached hydrogens (tertiary/aromatic N) is 2. The molecule has 3 aliphatic rings. The van der Waals surface area contributed by atoms with Gasteiger partial charge in [-0.05, 0) is 52.0 Å². The Bertz CT molecular complexity index is 1470. The molecule has 2 nitrogen and oxygen atoms in total. The summed E-state index contributed by atoms with van der Waals surface area (Å²) in [6, 6.07) is 32.1. The van der Waals surface area contributed by atoms with Gasteiger partial charge in [0.1, 0.15) is 0 Å². The van der Waals surface area contributed by atoms with Crippen LogP contribution < -0.4 is 0 Å². The van der Waals surface area contributed by atoms with Crippen molar-refractivity contribution in [3.05, 3.63) is 129 Å². The molecule has 0 radical (unpaired) electrons. The van der Waals surface area contributed by atoms with Gasteiger partial charge in [0.25, 0.3) is 0 Å². The second-order valence-corrected chi connectivity index (χ2v) is 11.3. The molecule has 1 aliphatic carbocycles. The third-order valence-electron chi connectivity index (χ3n) is 8.67. The molecule has 2 aliphatic heterocycles. The summed E-state index contributed by atoms with van der Waals surface area (Å²) in [7, 11) is 0. The van der Waals surface area contributed by atoms with Gasteiger partial charge >= 0.3 is 0 Å². The molecule has 2 heteroatoms. The zero-order chi connectivity index (χ0) is 24.7. The molecule has 0 aromatic heterocycles. The lowest BCUT2D eigenvalue weighted by Crippen LogP contribution is -2.59. The van der Waals surface area contributed by atoms with Crippen LogP contribution in [0.2, 0.25) is 0 Å². The predicted octanol–water partition coefficient (Wildman–Crippen LogP) is 7.36. The lowest BCUT2D eigenvalue weighted by atomic mass is 9.56. The summed E-state index contributed by atoms with van der Waals surface area (Å²) < 4.78 is 5.14. The first-order valence-corrected chi connectivity index (χ1v) is 13.0. The van der Waals surface area contributed by atoms with Gasteiger partial charge in [0.05, 0.1) is 12.8 Å². The van der Waals surface area contributed by atoms with Crippen molar-refractivity contribution in [2.24, 2.45) is 0 Å². The van der Waals surface area contributed by atoms with Gasteiger partial charge in [-0.15, -0.1) is 0 Å². The Morgan fingerprint density at radius 1 is 0.472 bits per heavy atom. The molecule has 2 heterocycles. The SMILES string of the molecule is Cc1ccc([N+]2=Cc3ccc(C)cc3C23CC2(C3)c3cc(C)ccc3C=[N+]2c2ccc(C)cc2)cc1. The maximum absolute atomic E-state index is 2.57. The van der Waals surface area contributed by atoms with Crippen molar-refractivity contribution in [1.82, 2.24) is 0 Å². The van der Waals surface area contributed by atoms with Crippen LogP contribution in [0.4, 0.5) is 11.4 Å². The summed E-state index contributed by atoms with van der Waals surface area (Å²) >= 11 is 0. The fraction of sp³-hybridized carbons (Fsp3) is 0.235. The van der Waals surface area contributed by atoms with Gasteiger partial charge in [-0.3, -0.25) is 0 Å². The van der Waals surface area contributed by atoms with E-state index in [2.05, 4.69) is 134 Å². The molecule has 7 rings (SSSR count). The van der Waals surface area contributed by atoms with Crippen LogP contribution in [-0.2, 0) is 11.1 Å². The summed E-state index contributed by atoms with van der Waals surface area (Å²) in [4.78, 5) is 0. The summed E-state index contributed by atoms with van der Waals surface area (Å²) in [5.41, 5.74) is 13.3. The van der Waals surface area contributed by atoms with Crippen LogP contribution >= 0.6 is 0 Å². The van der Waals surface area contributed by atoms with Gasteiger partial charge in [0.15, 0.2) is 12.4 Å². The molecule has 4 aromatic rings. The average molecular weight is 469 g/mol. The zero-order valence-electron chi connectivity index (χ0n) is 21.5. The second-order valence-electron chi connectivity index (χ2n) is 11.3. The van der Waals surface area contributed by atoms with Gasteiger partial charge in [0, 0.05) is 46.5 Å². The van der Waals surface area contributed by atoms with E-state index in [1.54, 1.807) is 0 Å². The van der Waals surface area contributed by atoms with Gasteiger partial charge < -0.3 is 0 Å². The maximum atomic E-state index is 2.57. The van der Waals surface area contributed by atoms with Crippen LogP contribution in [0.15, 0.2) is 84.9 Å². The van der Waals surface area contributed by atoms with Crippen molar-refractivity contribution in [2.75, 3.05) is 0 Å². The predicted molar refractivity (Wildman–Crippen MR) is 147 cm³/mol. The average Bonchev–Trinajstić information content (AvgIpc) is 3.35. The van der Waals surface area contributed by atoms with Crippen LogP contribution in [0.3, 0.4) is 0 Å². The van der Waals surface area contributed by atoms with E-state index in [0.29, 0.717) is 0 Å². The van der Waals surface area contributed by atoms with E-state index in [1.165, 1.54) is 55.9 Å². The molecular weight excluding hydrogens is 436 g/mol. The number of fused-ring (bicyclic) bond motifs is 4. The minimum absolute atomic E-state index is 0.0568. The Kier molecular flexibility index (Phi) is 4.40. The molecule has 2 spiro atoms. The van der Waals surface area contributed by atoms with E-state index in [-0.39, 0.29) is 11.1 Å². The number of hydrogen-bond donors (Lipinski definition) is 0. The number of rotatable bonds is 2. The van der Waals surface area contributed by atoms with Gasteiger partial charge in [0.2, 0.25) is 22.5 Å². The van der Waals surface area contributed by atoms with Crippen LogP contribution in [0, 0.1) is 27.7 Å². The maximum Gasteiger partial charge on any atom is 0.208 e. The number of benzene rings is 4. The van der Waals surface area contributed by atoms with E-state index in [9.17, 15) is 0 Å². The van der Waals surface area contributed by atoms with Crippen molar-refractivity contribution >= 4 is 23.8 Å². The van der Waals surface area contributed by atoms with Gasteiger partial charge in [-0.2, -0.15) is 9.15 Å². The standard InChI is InChI=1S/C34H32N2/c1-23-7-13-29(14-8-23)35-19-27-11-5-25(3)17-31(27)33(35)21-34(22-33)32-18-26(4)6-12-28(32)20-36(34)30-15-9-24(2)10-16-30/h5-20H,21-22H2,1-4H3/q+2. The largest absolute Gasteiger partial charge is 0.208 e. The summed E-state index contributed by atoms with van der Waals surface area (Å²) in [5, 5.41) is 0. The summed E-state index contributed by atoms with van der Waals surface area (Å²) in [6.45, 7) is 8.77. The normalized spacial score (nSPS) is 23.3. The Hall–Kier alpha value is -3.78. The highest BCUT2D eigenvalue weighted by Crippen LogP contribution is 2.63. The first kappa shape index (κ1) is 21.5. The fourth-order valence-corrected chi connectivity index (χ4v) is 6.85. The molecule has 0 bridgehead atoms. The molecule has 36 heavy (non-hydrogen) atoms. The second kappa shape index (κ2) is 7.36. The Morgan fingerprint density at radius 2 is 0.833 bits per heavy atom. The van der Waals surface area contributed by atoms with Gasteiger partial charge in [-0.25, -0.2) is 0 Å².